The second-order valence-corrected chi connectivity index (χ2v) is 5.61. The summed E-state index contributed by atoms with van der Waals surface area (Å²) in [6, 6.07) is 3.43. The van der Waals surface area contributed by atoms with Crippen molar-refractivity contribution in [3.05, 3.63) is 21.9 Å². The summed E-state index contributed by atoms with van der Waals surface area (Å²) in [5, 5.41) is 8.87. The molecule has 1 aliphatic rings. The highest BCUT2D eigenvalue weighted by Crippen LogP contribution is 2.25. The fraction of sp³-hybridized carbons (Fsp3) is 0.538. The number of likely N-dealkylation sites (tertiary alicyclic amines) is 1. The van der Waals surface area contributed by atoms with E-state index in [4.69, 9.17) is 5.11 Å². The molecule has 2 rings (SSSR count). The van der Waals surface area contributed by atoms with Crippen molar-refractivity contribution < 1.29 is 14.7 Å². The van der Waals surface area contributed by atoms with Gasteiger partial charge in [-0.25, -0.2) is 4.79 Å². The minimum atomic E-state index is -0.968. The Kier molecular flexibility index (Phi) is 4.01. The molecule has 0 aliphatic carbocycles. The molecule has 1 aromatic heterocycles. The lowest BCUT2D eigenvalue weighted by molar-refractivity contribution is 0.0612. The molecule has 1 aromatic rings. The number of rotatable bonds is 3. The third-order valence-corrected chi connectivity index (χ3v) is 4.45. The number of nitrogens with zero attached hydrogens (tertiary/aromatic N) is 1. The summed E-state index contributed by atoms with van der Waals surface area (Å²) < 4.78 is 0. The molecular weight excluding hydrogens is 250 g/mol. The van der Waals surface area contributed by atoms with E-state index in [0.717, 1.165) is 37.1 Å². The first-order chi connectivity index (χ1) is 8.63. The zero-order chi connectivity index (χ0) is 13.1. The number of thiophene rings is 1. The summed E-state index contributed by atoms with van der Waals surface area (Å²) in [5.74, 6) is -0.983. The van der Waals surface area contributed by atoms with E-state index in [1.165, 1.54) is 12.5 Å². The van der Waals surface area contributed by atoms with Gasteiger partial charge in [-0.2, -0.15) is 0 Å². The zero-order valence-electron chi connectivity index (χ0n) is 10.4. The van der Waals surface area contributed by atoms with Gasteiger partial charge in [-0.3, -0.25) is 4.79 Å². The van der Waals surface area contributed by atoms with Gasteiger partial charge in [-0.1, -0.05) is 6.92 Å². The Morgan fingerprint density at radius 1 is 1.39 bits per heavy atom. The monoisotopic (exact) mass is 267 g/mol. The number of carboxylic acids is 1. The molecule has 1 N–H and O–H groups in total. The fourth-order valence-electron chi connectivity index (χ4n) is 2.40. The van der Waals surface area contributed by atoms with E-state index in [-0.39, 0.29) is 10.8 Å². The highest BCUT2D eigenvalue weighted by atomic mass is 32.1. The summed E-state index contributed by atoms with van der Waals surface area (Å²) in [6.07, 6.45) is 4.23. The van der Waals surface area contributed by atoms with Crippen molar-refractivity contribution in [2.24, 2.45) is 0 Å². The molecule has 98 valence electrons. The van der Waals surface area contributed by atoms with Gasteiger partial charge in [-0.15, -0.1) is 11.3 Å². The summed E-state index contributed by atoms with van der Waals surface area (Å²) in [4.78, 5) is 25.8. The normalized spacial score (nSPS) is 19.8. The lowest BCUT2D eigenvalue weighted by Crippen LogP contribution is -2.43. The first-order valence-electron chi connectivity index (χ1n) is 6.27. The van der Waals surface area contributed by atoms with Gasteiger partial charge in [0.05, 0.1) is 4.88 Å². The van der Waals surface area contributed by atoms with Crippen LogP contribution < -0.4 is 0 Å². The third-order valence-electron chi connectivity index (χ3n) is 3.39. The Balaban J connectivity index is 2.15. The highest BCUT2D eigenvalue weighted by molar-refractivity contribution is 7.15. The molecule has 2 heterocycles. The van der Waals surface area contributed by atoms with Gasteiger partial charge in [0.15, 0.2) is 0 Å². The van der Waals surface area contributed by atoms with Gasteiger partial charge >= 0.3 is 5.97 Å². The molecule has 0 aromatic carbocycles. The standard InChI is InChI=1S/C13H17NO3S/c1-2-9-5-3-4-8-14(9)12(15)10-6-7-11(18-10)13(16)17/h6-7,9H,2-5,8H2,1H3,(H,16,17). The SMILES string of the molecule is CCC1CCCCN1C(=O)c1ccc(C(=O)O)s1. The molecule has 0 bridgehead atoms. The Morgan fingerprint density at radius 2 is 2.11 bits per heavy atom. The van der Waals surface area contributed by atoms with Crippen LogP contribution in [-0.4, -0.2) is 34.5 Å². The van der Waals surface area contributed by atoms with E-state index in [1.54, 1.807) is 6.07 Å². The van der Waals surface area contributed by atoms with Crippen molar-refractivity contribution in [1.29, 1.82) is 0 Å². The van der Waals surface area contributed by atoms with E-state index in [9.17, 15) is 9.59 Å². The molecule has 4 nitrogen and oxygen atoms in total. The number of carboxylic acid groups (broad SMARTS) is 1. The Labute approximate surface area is 110 Å². The maximum Gasteiger partial charge on any atom is 0.345 e. The Bertz CT molecular complexity index is 455. The minimum Gasteiger partial charge on any atom is -0.477 e. The number of carbonyl (C=O) groups excluding carboxylic acids is 1. The smallest absolute Gasteiger partial charge is 0.345 e. The number of hydrogen-bond donors (Lipinski definition) is 1. The number of piperidine rings is 1. The topological polar surface area (TPSA) is 57.6 Å². The van der Waals surface area contributed by atoms with Crippen molar-refractivity contribution in [3.63, 3.8) is 0 Å². The fourth-order valence-corrected chi connectivity index (χ4v) is 3.20. The number of aromatic carboxylic acids is 1. The molecule has 1 saturated heterocycles. The number of carbonyl (C=O) groups is 2. The second kappa shape index (κ2) is 5.52. The molecule has 1 aliphatic heterocycles. The highest BCUT2D eigenvalue weighted by Gasteiger charge is 2.27. The van der Waals surface area contributed by atoms with Crippen LogP contribution in [-0.2, 0) is 0 Å². The van der Waals surface area contributed by atoms with Gasteiger partial charge in [0.2, 0.25) is 0 Å². The van der Waals surface area contributed by atoms with Gasteiger partial charge in [0.25, 0.3) is 5.91 Å². The lowest BCUT2D eigenvalue weighted by atomic mass is 10.00. The van der Waals surface area contributed by atoms with E-state index in [2.05, 4.69) is 6.92 Å². The summed E-state index contributed by atoms with van der Waals surface area (Å²) >= 11 is 1.06. The van der Waals surface area contributed by atoms with Crippen molar-refractivity contribution in [2.75, 3.05) is 6.54 Å². The lowest BCUT2D eigenvalue weighted by Gasteiger charge is -2.35. The predicted octanol–water partition coefficient (Wildman–Crippen LogP) is 2.85. The molecule has 5 heteroatoms. The van der Waals surface area contributed by atoms with E-state index >= 15 is 0 Å². The van der Waals surface area contributed by atoms with Crippen LogP contribution in [0.2, 0.25) is 0 Å². The minimum absolute atomic E-state index is 0.0148. The van der Waals surface area contributed by atoms with Crippen molar-refractivity contribution in [3.8, 4) is 0 Å². The van der Waals surface area contributed by atoms with Crippen LogP contribution in [0.5, 0.6) is 0 Å². The van der Waals surface area contributed by atoms with Gasteiger partial charge in [0.1, 0.15) is 4.88 Å². The molecule has 1 fully saturated rings. The van der Waals surface area contributed by atoms with E-state index in [0.29, 0.717) is 10.9 Å². The average molecular weight is 267 g/mol. The van der Waals surface area contributed by atoms with Crippen LogP contribution in [0.1, 0.15) is 52.0 Å². The van der Waals surface area contributed by atoms with E-state index in [1.807, 2.05) is 4.90 Å². The molecule has 18 heavy (non-hydrogen) atoms. The quantitative estimate of drug-likeness (QED) is 0.916. The average Bonchev–Trinajstić information content (AvgIpc) is 2.87. The largest absolute Gasteiger partial charge is 0.477 e. The van der Waals surface area contributed by atoms with Crippen molar-refractivity contribution in [2.45, 2.75) is 38.6 Å². The molecule has 1 amide bonds. The first kappa shape index (κ1) is 13.1. The van der Waals surface area contributed by atoms with Gasteiger partial charge in [-0.05, 0) is 37.8 Å². The van der Waals surface area contributed by atoms with E-state index < -0.39 is 5.97 Å². The Hall–Kier alpha value is -1.36. The summed E-state index contributed by atoms with van der Waals surface area (Å²) in [6.45, 7) is 2.88. The summed E-state index contributed by atoms with van der Waals surface area (Å²) in [7, 11) is 0. The van der Waals surface area contributed by atoms with Crippen LogP contribution in [0, 0.1) is 0 Å². The third kappa shape index (κ3) is 2.56. The first-order valence-corrected chi connectivity index (χ1v) is 7.09. The van der Waals surface area contributed by atoms with Crippen LogP contribution in [0.15, 0.2) is 12.1 Å². The summed E-state index contributed by atoms with van der Waals surface area (Å²) in [5.41, 5.74) is 0. The molecule has 1 unspecified atom stereocenters. The maximum absolute atomic E-state index is 12.3. The van der Waals surface area contributed by atoms with Crippen LogP contribution >= 0.6 is 11.3 Å². The Morgan fingerprint density at radius 3 is 2.72 bits per heavy atom. The molecule has 0 radical (unpaired) electrons. The number of amides is 1. The predicted molar refractivity (Wildman–Crippen MR) is 70.2 cm³/mol. The van der Waals surface area contributed by atoms with Gasteiger partial charge in [0, 0.05) is 12.6 Å². The van der Waals surface area contributed by atoms with Crippen LogP contribution in [0.3, 0.4) is 0 Å². The molecule has 1 atom stereocenters. The van der Waals surface area contributed by atoms with Crippen LogP contribution in [0.4, 0.5) is 0 Å². The van der Waals surface area contributed by atoms with Crippen molar-refractivity contribution in [1.82, 2.24) is 4.90 Å². The van der Waals surface area contributed by atoms with Crippen LogP contribution in [0.25, 0.3) is 0 Å². The molecule has 0 spiro atoms. The second-order valence-electron chi connectivity index (χ2n) is 4.53. The molecular formula is C13H17NO3S. The number of hydrogen-bond acceptors (Lipinski definition) is 3. The maximum atomic E-state index is 12.3. The van der Waals surface area contributed by atoms with Gasteiger partial charge < -0.3 is 10.0 Å². The van der Waals surface area contributed by atoms with Crippen molar-refractivity contribution >= 4 is 23.2 Å². The zero-order valence-corrected chi connectivity index (χ0v) is 11.2. The molecule has 0 saturated carbocycles.